The van der Waals surface area contributed by atoms with Crippen molar-refractivity contribution in [2.45, 2.75) is 17.9 Å². The van der Waals surface area contributed by atoms with E-state index in [1.807, 2.05) is 13.0 Å². The van der Waals surface area contributed by atoms with E-state index in [0.29, 0.717) is 0 Å². The van der Waals surface area contributed by atoms with Crippen molar-refractivity contribution in [1.82, 2.24) is 10.3 Å². The van der Waals surface area contributed by atoms with E-state index >= 15 is 0 Å². The van der Waals surface area contributed by atoms with Gasteiger partial charge in [-0.05, 0) is 43.8 Å². The molecule has 0 saturated heterocycles. The molecule has 0 bridgehead atoms. The van der Waals surface area contributed by atoms with Crippen LogP contribution in [0.1, 0.15) is 18.5 Å². The summed E-state index contributed by atoms with van der Waals surface area (Å²) in [5.41, 5.74) is 0.854. The SMILES string of the molecule is CNC(C)c1cccc(S(=O)(=O)Nc2ccc(F)cn2)c1. The van der Waals surface area contributed by atoms with Gasteiger partial charge in [0.25, 0.3) is 10.0 Å². The van der Waals surface area contributed by atoms with Gasteiger partial charge in [-0.2, -0.15) is 0 Å². The summed E-state index contributed by atoms with van der Waals surface area (Å²) in [6.07, 6.45) is 0.956. The van der Waals surface area contributed by atoms with E-state index in [2.05, 4.69) is 15.0 Å². The van der Waals surface area contributed by atoms with Crippen molar-refractivity contribution < 1.29 is 12.8 Å². The van der Waals surface area contributed by atoms with Gasteiger partial charge < -0.3 is 5.32 Å². The maximum absolute atomic E-state index is 12.8. The van der Waals surface area contributed by atoms with Gasteiger partial charge in [-0.15, -0.1) is 0 Å². The van der Waals surface area contributed by atoms with Crippen LogP contribution >= 0.6 is 0 Å². The first kappa shape index (κ1) is 15.4. The summed E-state index contributed by atoms with van der Waals surface area (Å²) < 4.78 is 39.7. The number of sulfonamides is 1. The molecule has 0 radical (unpaired) electrons. The fourth-order valence-electron chi connectivity index (χ4n) is 1.75. The Kier molecular flexibility index (Phi) is 4.54. The summed E-state index contributed by atoms with van der Waals surface area (Å²) in [7, 11) is -1.96. The number of aromatic nitrogens is 1. The first-order valence-corrected chi connectivity index (χ1v) is 7.82. The van der Waals surface area contributed by atoms with Gasteiger partial charge >= 0.3 is 0 Å². The lowest BCUT2D eigenvalue weighted by molar-refractivity contribution is 0.599. The van der Waals surface area contributed by atoms with Gasteiger partial charge in [0, 0.05) is 6.04 Å². The Bertz CT molecular complexity index is 717. The molecule has 7 heteroatoms. The minimum absolute atomic E-state index is 0.0316. The highest BCUT2D eigenvalue weighted by Gasteiger charge is 2.16. The monoisotopic (exact) mass is 309 g/mol. The Morgan fingerprint density at radius 2 is 2.00 bits per heavy atom. The van der Waals surface area contributed by atoms with E-state index in [-0.39, 0.29) is 16.8 Å². The largest absolute Gasteiger partial charge is 0.313 e. The second-order valence-electron chi connectivity index (χ2n) is 4.55. The number of anilines is 1. The second kappa shape index (κ2) is 6.19. The molecule has 2 rings (SSSR count). The predicted molar refractivity (Wildman–Crippen MR) is 78.9 cm³/mol. The molecule has 1 unspecified atom stereocenters. The first-order chi connectivity index (χ1) is 9.92. The van der Waals surface area contributed by atoms with Gasteiger partial charge in [0.05, 0.1) is 11.1 Å². The predicted octanol–water partition coefficient (Wildman–Crippen LogP) is 2.30. The molecule has 0 aliphatic carbocycles. The number of pyridine rings is 1. The van der Waals surface area contributed by atoms with E-state index in [1.54, 1.807) is 19.2 Å². The molecule has 1 atom stereocenters. The molecule has 1 aromatic heterocycles. The molecule has 112 valence electrons. The number of hydrogen-bond donors (Lipinski definition) is 2. The number of nitrogens with one attached hydrogen (secondary N) is 2. The number of benzene rings is 1. The highest BCUT2D eigenvalue weighted by molar-refractivity contribution is 7.92. The minimum Gasteiger partial charge on any atom is -0.313 e. The van der Waals surface area contributed by atoms with E-state index in [0.717, 1.165) is 17.8 Å². The zero-order chi connectivity index (χ0) is 15.5. The standard InChI is InChI=1S/C14H16FN3O2S/c1-10(16-2)11-4-3-5-13(8-11)21(19,20)18-14-7-6-12(15)9-17-14/h3-10,16H,1-2H3,(H,17,18). The Morgan fingerprint density at radius 1 is 1.24 bits per heavy atom. The van der Waals surface area contributed by atoms with Crippen LogP contribution in [0, 0.1) is 5.82 Å². The van der Waals surface area contributed by atoms with Crippen LogP contribution in [-0.4, -0.2) is 20.4 Å². The number of nitrogens with zero attached hydrogens (tertiary/aromatic N) is 1. The Labute approximate surface area is 123 Å². The molecule has 2 aromatic rings. The highest BCUT2D eigenvalue weighted by atomic mass is 32.2. The average molecular weight is 309 g/mol. The molecule has 1 heterocycles. The summed E-state index contributed by atoms with van der Waals surface area (Å²) in [6, 6.07) is 9.05. The van der Waals surface area contributed by atoms with Gasteiger partial charge in [-0.25, -0.2) is 17.8 Å². The van der Waals surface area contributed by atoms with E-state index < -0.39 is 15.8 Å². The van der Waals surface area contributed by atoms with Crippen LogP contribution in [0.25, 0.3) is 0 Å². The van der Waals surface area contributed by atoms with Gasteiger partial charge in [0.15, 0.2) is 0 Å². The molecule has 1 aromatic carbocycles. The minimum atomic E-state index is -3.75. The van der Waals surface area contributed by atoms with Gasteiger partial charge in [-0.3, -0.25) is 4.72 Å². The summed E-state index contributed by atoms with van der Waals surface area (Å²) in [5, 5.41) is 3.05. The Hall–Kier alpha value is -1.99. The average Bonchev–Trinajstić information content (AvgIpc) is 2.49. The van der Waals surface area contributed by atoms with Crippen molar-refractivity contribution in [2.75, 3.05) is 11.8 Å². The zero-order valence-corrected chi connectivity index (χ0v) is 12.5. The molecule has 0 fully saturated rings. The number of hydrogen-bond acceptors (Lipinski definition) is 4. The molecular weight excluding hydrogens is 293 g/mol. The topological polar surface area (TPSA) is 71.1 Å². The summed E-state index contributed by atoms with van der Waals surface area (Å²) in [5.74, 6) is -0.453. The second-order valence-corrected chi connectivity index (χ2v) is 6.23. The highest BCUT2D eigenvalue weighted by Crippen LogP contribution is 2.19. The van der Waals surface area contributed by atoms with E-state index in [1.165, 1.54) is 12.1 Å². The summed E-state index contributed by atoms with van der Waals surface area (Å²) in [4.78, 5) is 3.82. The fourth-order valence-corrected chi connectivity index (χ4v) is 2.81. The van der Waals surface area contributed by atoms with Crippen molar-refractivity contribution in [3.63, 3.8) is 0 Å². The lowest BCUT2D eigenvalue weighted by atomic mass is 10.1. The van der Waals surface area contributed by atoms with Crippen molar-refractivity contribution in [1.29, 1.82) is 0 Å². The summed E-state index contributed by atoms with van der Waals surface area (Å²) >= 11 is 0. The van der Waals surface area contributed by atoms with Crippen molar-refractivity contribution in [2.24, 2.45) is 0 Å². The number of halogens is 1. The van der Waals surface area contributed by atoms with Crippen molar-refractivity contribution >= 4 is 15.8 Å². The lowest BCUT2D eigenvalue weighted by Crippen LogP contribution is -2.16. The maximum Gasteiger partial charge on any atom is 0.263 e. The summed E-state index contributed by atoms with van der Waals surface area (Å²) in [6.45, 7) is 1.93. The van der Waals surface area contributed by atoms with E-state index in [9.17, 15) is 12.8 Å². The van der Waals surface area contributed by atoms with Gasteiger partial charge in [0.1, 0.15) is 11.6 Å². The van der Waals surface area contributed by atoms with Crippen molar-refractivity contribution in [3.8, 4) is 0 Å². The van der Waals surface area contributed by atoms with Crippen LogP contribution in [-0.2, 0) is 10.0 Å². The van der Waals surface area contributed by atoms with E-state index in [4.69, 9.17) is 0 Å². The molecule has 2 N–H and O–H groups in total. The third-order valence-corrected chi connectivity index (χ3v) is 4.42. The molecule has 0 spiro atoms. The Morgan fingerprint density at radius 3 is 2.62 bits per heavy atom. The van der Waals surface area contributed by atoms with Crippen LogP contribution in [0.4, 0.5) is 10.2 Å². The van der Waals surface area contributed by atoms with Crippen LogP contribution < -0.4 is 10.0 Å². The van der Waals surface area contributed by atoms with Crippen LogP contribution in [0.3, 0.4) is 0 Å². The maximum atomic E-state index is 12.8. The molecule has 0 aliphatic heterocycles. The number of rotatable bonds is 5. The first-order valence-electron chi connectivity index (χ1n) is 6.34. The van der Waals surface area contributed by atoms with Crippen LogP contribution in [0.5, 0.6) is 0 Å². The quantitative estimate of drug-likeness (QED) is 0.889. The third kappa shape index (κ3) is 3.77. The molecular formula is C14H16FN3O2S. The molecule has 0 aliphatic rings. The van der Waals surface area contributed by atoms with Gasteiger partial charge in [0.2, 0.25) is 0 Å². The zero-order valence-electron chi connectivity index (χ0n) is 11.7. The van der Waals surface area contributed by atoms with Gasteiger partial charge in [-0.1, -0.05) is 12.1 Å². The third-order valence-electron chi connectivity index (χ3n) is 3.07. The lowest BCUT2D eigenvalue weighted by Gasteiger charge is -2.13. The van der Waals surface area contributed by atoms with Crippen LogP contribution in [0.15, 0.2) is 47.5 Å². The molecule has 0 saturated carbocycles. The molecule has 21 heavy (non-hydrogen) atoms. The fraction of sp³-hybridized carbons (Fsp3) is 0.214. The molecule has 5 nitrogen and oxygen atoms in total. The smallest absolute Gasteiger partial charge is 0.263 e. The van der Waals surface area contributed by atoms with Crippen LogP contribution in [0.2, 0.25) is 0 Å². The molecule has 0 amide bonds. The van der Waals surface area contributed by atoms with Crippen molar-refractivity contribution in [3.05, 3.63) is 54.0 Å². The Balaban J connectivity index is 2.29. The normalized spacial score (nSPS) is 12.9.